The molecule has 3 aromatic rings. The predicted octanol–water partition coefficient (Wildman–Crippen LogP) is 3.72. The summed E-state index contributed by atoms with van der Waals surface area (Å²) >= 11 is 2.70. The van der Waals surface area contributed by atoms with E-state index in [-0.39, 0.29) is 11.2 Å². The molecule has 2 aromatic heterocycles. The van der Waals surface area contributed by atoms with Gasteiger partial charge in [0.25, 0.3) is 0 Å². The third-order valence-electron chi connectivity index (χ3n) is 3.98. The SMILES string of the molecule is C=CCn1c(S[C@H](C)C(=O)Nc2nccs2)nnc1-c1ccc(OC)c(OC)c1. The second kappa shape index (κ2) is 9.57. The fraction of sp³-hybridized carbons (Fsp3) is 0.263. The van der Waals surface area contributed by atoms with Crippen LogP contribution >= 0.6 is 23.1 Å². The molecule has 0 saturated heterocycles. The van der Waals surface area contributed by atoms with Gasteiger partial charge >= 0.3 is 0 Å². The van der Waals surface area contributed by atoms with E-state index < -0.39 is 0 Å². The van der Waals surface area contributed by atoms with E-state index >= 15 is 0 Å². The maximum atomic E-state index is 12.4. The van der Waals surface area contributed by atoms with Crippen LogP contribution in [0.3, 0.4) is 0 Å². The zero-order valence-corrected chi connectivity index (χ0v) is 17.9. The number of methoxy groups -OCH3 is 2. The van der Waals surface area contributed by atoms with Gasteiger partial charge in [0.1, 0.15) is 0 Å². The Balaban J connectivity index is 1.85. The fourth-order valence-electron chi connectivity index (χ4n) is 2.56. The lowest BCUT2D eigenvalue weighted by Gasteiger charge is -2.13. The summed E-state index contributed by atoms with van der Waals surface area (Å²) in [5.41, 5.74) is 0.823. The molecule has 2 heterocycles. The first-order chi connectivity index (χ1) is 14.1. The Hall–Kier alpha value is -2.85. The second-order valence-electron chi connectivity index (χ2n) is 5.86. The molecule has 0 bridgehead atoms. The molecule has 152 valence electrons. The summed E-state index contributed by atoms with van der Waals surface area (Å²) < 4.78 is 12.6. The number of carbonyl (C=O) groups is 1. The van der Waals surface area contributed by atoms with Gasteiger partial charge in [-0.15, -0.1) is 28.1 Å². The monoisotopic (exact) mass is 431 g/mol. The van der Waals surface area contributed by atoms with Crippen LogP contribution in [0.25, 0.3) is 11.4 Å². The normalized spacial score (nSPS) is 11.7. The first kappa shape index (κ1) is 20.9. The molecule has 10 heteroatoms. The Kier molecular flexibility index (Phi) is 6.89. The van der Waals surface area contributed by atoms with Crippen LogP contribution in [-0.4, -0.2) is 45.1 Å². The summed E-state index contributed by atoms with van der Waals surface area (Å²) in [6.07, 6.45) is 3.41. The molecule has 0 spiro atoms. The van der Waals surface area contributed by atoms with Gasteiger partial charge in [-0.2, -0.15) is 0 Å². The van der Waals surface area contributed by atoms with E-state index in [4.69, 9.17) is 9.47 Å². The highest BCUT2D eigenvalue weighted by atomic mass is 32.2. The van der Waals surface area contributed by atoms with Crippen molar-refractivity contribution in [3.05, 3.63) is 42.4 Å². The molecule has 1 aromatic carbocycles. The van der Waals surface area contributed by atoms with Crippen LogP contribution in [0.4, 0.5) is 5.13 Å². The van der Waals surface area contributed by atoms with Crippen molar-refractivity contribution in [2.75, 3.05) is 19.5 Å². The van der Waals surface area contributed by atoms with Crippen LogP contribution < -0.4 is 14.8 Å². The number of thioether (sulfide) groups is 1. The van der Waals surface area contributed by atoms with Crippen molar-refractivity contribution in [2.45, 2.75) is 23.9 Å². The zero-order valence-electron chi connectivity index (χ0n) is 16.3. The summed E-state index contributed by atoms with van der Waals surface area (Å²) in [6.45, 7) is 6.14. The third kappa shape index (κ3) is 4.77. The lowest BCUT2D eigenvalue weighted by Crippen LogP contribution is -2.22. The average molecular weight is 432 g/mol. The maximum absolute atomic E-state index is 12.4. The summed E-state index contributed by atoms with van der Waals surface area (Å²) in [7, 11) is 3.17. The van der Waals surface area contributed by atoms with E-state index in [0.717, 1.165) is 5.56 Å². The topological polar surface area (TPSA) is 91.2 Å². The third-order valence-corrected chi connectivity index (χ3v) is 5.75. The van der Waals surface area contributed by atoms with Gasteiger partial charge in [-0.25, -0.2) is 4.98 Å². The van der Waals surface area contributed by atoms with Crippen molar-refractivity contribution >= 4 is 34.1 Å². The molecule has 0 unspecified atom stereocenters. The predicted molar refractivity (Wildman–Crippen MR) is 115 cm³/mol. The molecule has 1 amide bonds. The smallest absolute Gasteiger partial charge is 0.239 e. The van der Waals surface area contributed by atoms with Crippen LogP contribution in [0.15, 0.2) is 47.6 Å². The highest BCUT2D eigenvalue weighted by Crippen LogP contribution is 2.33. The number of aromatic nitrogens is 4. The number of rotatable bonds is 9. The molecule has 1 atom stereocenters. The van der Waals surface area contributed by atoms with Crippen LogP contribution in [0.1, 0.15) is 6.92 Å². The van der Waals surface area contributed by atoms with E-state index in [1.165, 1.54) is 23.1 Å². The van der Waals surface area contributed by atoms with Gasteiger partial charge in [0.2, 0.25) is 5.91 Å². The molecular weight excluding hydrogens is 410 g/mol. The summed E-state index contributed by atoms with van der Waals surface area (Å²) in [6, 6.07) is 5.55. The summed E-state index contributed by atoms with van der Waals surface area (Å²) in [5.74, 6) is 1.74. The summed E-state index contributed by atoms with van der Waals surface area (Å²) in [5, 5.41) is 14.0. The Labute approximate surface area is 177 Å². The Morgan fingerprint density at radius 1 is 1.34 bits per heavy atom. The number of thiazole rings is 1. The Morgan fingerprint density at radius 2 is 2.14 bits per heavy atom. The second-order valence-corrected chi connectivity index (χ2v) is 8.06. The molecule has 0 saturated carbocycles. The highest BCUT2D eigenvalue weighted by molar-refractivity contribution is 8.00. The number of ether oxygens (including phenoxy) is 2. The lowest BCUT2D eigenvalue weighted by atomic mass is 10.2. The van der Waals surface area contributed by atoms with Crippen molar-refractivity contribution in [3.8, 4) is 22.9 Å². The molecule has 3 rings (SSSR count). The summed E-state index contributed by atoms with van der Waals surface area (Å²) in [4.78, 5) is 16.5. The van der Waals surface area contributed by atoms with Crippen molar-refractivity contribution < 1.29 is 14.3 Å². The van der Waals surface area contributed by atoms with E-state index in [1.807, 2.05) is 35.1 Å². The van der Waals surface area contributed by atoms with Gasteiger partial charge in [0.05, 0.1) is 19.5 Å². The standard InChI is InChI=1S/C19H21N5O3S2/c1-5-9-24-16(13-6-7-14(26-3)15(11-13)27-4)22-23-19(24)29-12(2)17(25)21-18-20-8-10-28-18/h5-8,10-12H,1,9H2,2-4H3,(H,20,21,25)/t12-/m1/s1. The number of allylic oxidation sites excluding steroid dienone is 1. The van der Waals surface area contributed by atoms with Crippen LogP contribution in [-0.2, 0) is 11.3 Å². The number of hydrogen-bond donors (Lipinski definition) is 1. The molecule has 8 nitrogen and oxygen atoms in total. The number of nitrogens with zero attached hydrogens (tertiary/aromatic N) is 4. The first-order valence-corrected chi connectivity index (χ1v) is 10.5. The number of anilines is 1. The number of carbonyl (C=O) groups excluding carboxylic acids is 1. The van der Waals surface area contributed by atoms with E-state index in [2.05, 4.69) is 27.1 Å². The largest absolute Gasteiger partial charge is 0.493 e. The van der Waals surface area contributed by atoms with Gasteiger partial charge in [-0.1, -0.05) is 17.8 Å². The maximum Gasteiger partial charge on any atom is 0.239 e. The van der Waals surface area contributed by atoms with Gasteiger partial charge < -0.3 is 14.8 Å². The van der Waals surface area contributed by atoms with Gasteiger partial charge in [0, 0.05) is 23.7 Å². The quantitative estimate of drug-likeness (QED) is 0.408. The molecule has 0 aliphatic heterocycles. The molecule has 0 aliphatic carbocycles. The van der Waals surface area contributed by atoms with Gasteiger partial charge in [-0.05, 0) is 25.1 Å². The van der Waals surface area contributed by atoms with Gasteiger partial charge in [-0.3, -0.25) is 9.36 Å². The molecule has 0 fully saturated rings. The Morgan fingerprint density at radius 3 is 2.79 bits per heavy atom. The molecule has 0 aliphatic rings. The number of hydrogen-bond acceptors (Lipinski definition) is 8. The minimum Gasteiger partial charge on any atom is -0.493 e. The van der Waals surface area contributed by atoms with Crippen LogP contribution in [0.2, 0.25) is 0 Å². The van der Waals surface area contributed by atoms with Crippen LogP contribution in [0, 0.1) is 0 Å². The fourth-order valence-corrected chi connectivity index (χ4v) is 3.95. The number of benzene rings is 1. The number of nitrogens with one attached hydrogen (secondary N) is 1. The minimum absolute atomic E-state index is 0.147. The molecule has 0 radical (unpaired) electrons. The van der Waals surface area contributed by atoms with Gasteiger partial charge in [0.15, 0.2) is 27.6 Å². The van der Waals surface area contributed by atoms with E-state index in [1.54, 1.807) is 26.5 Å². The molecule has 29 heavy (non-hydrogen) atoms. The molecular formula is C19H21N5O3S2. The highest BCUT2D eigenvalue weighted by Gasteiger charge is 2.21. The van der Waals surface area contributed by atoms with Crippen molar-refractivity contribution in [3.63, 3.8) is 0 Å². The average Bonchev–Trinajstić information content (AvgIpc) is 3.38. The number of amides is 1. The van der Waals surface area contributed by atoms with Crippen molar-refractivity contribution in [2.24, 2.45) is 0 Å². The van der Waals surface area contributed by atoms with E-state index in [9.17, 15) is 4.79 Å². The first-order valence-electron chi connectivity index (χ1n) is 8.70. The van der Waals surface area contributed by atoms with Crippen molar-refractivity contribution in [1.82, 2.24) is 19.7 Å². The minimum atomic E-state index is -0.384. The van der Waals surface area contributed by atoms with E-state index in [0.29, 0.717) is 34.2 Å². The zero-order chi connectivity index (χ0) is 20.8. The van der Waals surface area contributed by atoms with Crippen molar-refractivity contribution in [1.29, 1.82) is 0 Å². The molecule has 1 N–H and O–H groups in total. The lowest BCUT2D eigenvalue weighted by molar-refractivity contribution is -0.115. The Bertz CT molecular complexity index is 988. The van der Waals surface area contributed by atoms with Crippen LogP contribution in [0.5, 0.6) is 11.5 Å².